The lowest BCUT2D eigenvalue weighted by Gasteiger charge is -2.22. The molecule has 1 N–H and O–H groups in total. The third-order valence-electron chi connectivity index (χ3n) is 5.31. The zero-order valence-corrected chi connectivity index (χ0v) is 16.4. The van der Waals surface area contributed by atoms with Crippen LogP contribution in [-0.4, -0.2) is 33.2 Å². The third kappa shape index (κ3) is 4.99. The van der Waals surface area contributed by atoms with E-state index in [1.165, 1.54) is 17.7 Å². The standard InChI is InChI=1S/C22H23F3N4O/c23-22(24,25)17-3-5-19(6-4-17)30-13-9-18-14-20(28-27-18)21-2-1-12-29(21)15-16-7-10-26-11-8-16/h3-8,10-11,14,21H,1-2,9,12-13,15H2,(H,27,28)/t21-/m1/s1. The number of pyridine rings is 1. The van der Waals surface area contributed by atoms with Gasteiger partial charge in [0, 0.05) is 31.1 Å². The fourth-order valence-electron chi connectivity index (χ4n) is 3.77. The molecule has 3 heterocycles. The molecule has 0 unspecified atom stereocenters. The van der Waals surface area contributed by atoms with Gasteiger partial charge in [-0.25, -0.2) is 0 Å². The second-order valence-electron chi connectivity index (χ2n) is 7.42. The van der Waals surface area contributed by atoms with Gasteiger partial charge in [0.1, 0.15) is 5.75 Å². The minimum atomic E-state index is -4.34. The lowest BCUT2D eigenvalue weighted by atomic mass is 10.1. The van der Waals surface area contributed by atoms with Gasteiger partial charge >= 0.3 is 6.18 Å². The van der Waals surface area contributed by atoms with Crippen molar-refractivity contribution in [3.05, 3.63) is 77.4 Å². The molecule has 5 nitrogen and oxygen atoms in total. The molecule has 2 aromatic heterocycles. The summed E-state index contributed by atoms with van der Waals surface area (Å²) < 4.78 is 43.4. The van der Waals surface area contributed by atoms with Crippen molar-refractivity contribution in [2.45, 2.75) is 38.0 Å². The van der Waals surface area contributed by atoms with Gasteiger partial charge in [-0.2, -0.15) is 18.3 Å². The normalized spacial score (nSPS) is 17.4. The van der Waals surface area contributed by atoms with Gasteiger partial charge in [-0.1, -0.05) is 0 Å². The first-order chi connectivity index (χ1) is 14.5. The van der Waals surface area contributed by atoms with Crippen molar-refractivity contribution in [3.8, 4) is 5.75 Å². The van der Waals surface area contributed by atoms with Gasteiger partial charge in [-0.3, -0.25) is 15.0 Å². The van der Waals surface area contributed by atoms with Gasteiger partial charge in [0.2, 0.25) is 0 Å². The molecule has 0 aliphatic carbocycles. The fourth-order valence-corrected chi connectivity index (χ4v) is 3.77. The zero-order chi connectivity index (χ0) is 21.0. The van der Waals surface area contributed by atoms with E-state index in [2.05, 4.69) is 26.1 Å². The largest absolute Gasteiger partial charge is 0.493 e. The van der Waals surface area contributed by atoms with E-state index in [0.717, 1.165) is 49.5 Å². The predicted octanol–water partition coefficient (Wildman–Crippen LogP) is 4.78. The van der Waals surface area contributed by atoms with Gasteiger partial charge in [0.15, 0.2) is 0 Å². The molecule has 0 spiro atoms. The van der Waals surface area contributed by atoms with Crippen molar-refractivity contribution in [2.75, 3.05) is 13.2 Å². The van der Waals surface area contributed by atoms with E-state index in [9.17, 15) is 13.2 Å². The smallest absolute Gasteiger partial charge is 0.416 e. The lowest BCUT2D eigenvalue weighted by Crippen LogP contribution is -2.23. The summed E-state index contributed by atoms with van der Waals surface area (Å²) in [7, 11) is 0. The first kappa shape index (κ1) is 20.4. The topological polar surface area (TPSA) is 54.0 Å². The van der Waals surface area contributed by atoms with Crippen molar-refractivity contribution < 1.29 is 17.9 Å². The highest BCUT2D eigenvalue weighted by atomic mass is 19.4. The Bertz CT molecular complexity index is 941. The molecule has 3 aromatic rings. The van der Waals surface area contributed by atoms with E-state index in [1.54, 1.807) is 0 Å². The number of likely N-dealkylation sites (tertiary alicyclic amines) is 1. The van der Waals surface area contributed by atoms with Crippen LogP contribution in [0.5, 0.6) is 5.75 Å². The number of rotatable bonds is 7. The summed E-state index contributed by atoms with van der Waals surface area (Å²) in [5, 5.41) is 7.56. The monoisotopic (exact) mass is 416 g/mol. The Labute approximate surface area is 172 Å². The van der Waals surface area contributed by atoms with Crippen LogP contribution in [0.1, 0.15) is 41.4 Å². The summed E-state index contributed by atoms with van der Waals surface area (Å²) in [5.41, 5.74) is 2.53. The number of nitrogens with one attached hydrogen (secondary N) is 1. The molecule has 1 atom stereocenters. The van der Waals surface area contributed by atoms with Crippen LogP contribution < -0.4 is 4.74 Å². The Morgan fingerprint density at radius 3 is 2.60 bits per heavy atom. The minimum Gasteiger partial charge on any atom is -0.493 e. The van der Waals surface area contributed by atoms with Crippen molar-refractivity contribution in [2.24, 2.45) is 0 Å². The Balaban J connectivity index is 1.30. The quantitative estimate of drug-likeness (QED) is 0.602. The van der Waals surface area contributed by atoms with E-state index in [1.807, 2.05) is 24.5 Å². The number of aromatic amines is 1. The summed E-state index contributed by atoms with van der Waals surface area (Å²) in [6.45, 7) is 2.26. The molecule has 0 saturated carbocycles. The maximum atomic E-state index is 12.6. The Morgan fingerprint density at radius 1 is 1.10 bits per heavy atom. The molecule has 1 aliphatic rings. The van der Waals surface area contributed by atoms with Crippen LogP contribution in [-0.2, 0) is 19.1 Å². The molecule has 30 heavy (non-hydrogen) atoms. The molecule has 1 fully saturated rings. The molecule has 0 amide bonds. The molecule has 1 aromatic carbocycles. The summed E-state index contributed by atoms with van der Waals surface area (Å²) in [5.74, 6) is 0.419. The van der Waals surface area contributed by atoms with Gasteiger partial charge in [-0.05, 0) is 67.4 Å². The van der Waals surface area contributed by atoms with Crippen LogP contribution in [0.15, 0.2) is 54.9 Å². The highest BCUT2D eigenvalue weighted by Gasteiger charge is 2.30. The van der Waals surface area contributed by atoms with Crippen molar-refractivity contribution in [3.63, 3.8) is 0 Å². The number of H-pyrrole nitrogens is 1. The molecule has 0 radical (unpaired) electrons. The van der Waals surface area contributed by atoms with Crippen LogP contribution in [0.4, 0.5) is 13.2 Å². The van der Waals surface area contributed by atoms with Crippen molar-refractivity contribution in [1.29, 1.82) is 0 Å². The van der Waals surface area contributed by atoms with E-state index >= 15 is 0 Å². The Hall–Kier alpha value is -2.87. The average molecular weight is 416 g/mol. The minimum absolute atomic E-state index is 0.277. The number of hydrogen-bond acceptors (Lipinski definition) is 4. The van der Waals surface area contributed by atoms with Crippen LogP contribution in [0.2, 0.25) is 0 Å². The summed E-state index contributed by atoms with van der Waals surface area (Å²) in [4.78, 5) is 6.49. The molecular formula is C22H23F3N4O. The zero-order valence-electron chi connectivity index (χ0n) is 16.4. The molecule has 1 aliphatic heterocycles. The highest BCUT2D eigenvalue weighted by Crippen LogP contribution is 2.32. The van der Waals surface area contributed by atoms with E-state index < -0.39 is 11.7 Å². The maximum Gasteiger partial charge on any atom is 0.416 e. The fraction of sp³-hybridized carbons (Fsp3) is 0.364. The van der Waals surface area contributed by atoms with Crippen LogP contribution in [0, 0.1) is 0 Å². The van der Waals surface area contributed by atoms with Gasteiger partial charge in [0.05, 0.1) is 23.9 Å². The maximum absolute atomic E-state index is 12.6. The molecule has 8 heteroatoms. The highest BCUT2D eigenvalue weighted by molar-refractivity contribution is 5.29. The number of halogens is 3. The Kier molecular flexibility index (Phi) is 6.03. The number of benzene rings is 1. The van der Waals surface area contributed by atoms with Gasteiger partial charge in [0.25, 0.3) is 0 Å². The molecule has 1 saturated heterocycles. The summed E-state index contributed by atoms with van der Waals surface area (Å²) >= 11 is 0. The second-order valence-corrected chi connectivity index (χ2v) is 7.42. The molecule has 158 valence electrons. The Morgan fingerprint density at radius 2 is 1.87 bits per heavy atom. The number of hydrogen-bond donors (Lipinski definition) is 1. The first-order valence-electron chi connectivity index (χ1n) is 9.96. The van der Waals surface area contributed by atoms with Crippen molar-refractivity contribution >= 4 is 0 Å². The van der Waals surface area contributed by atoms with E-state index in [0.29, 0.717) is 18.8 Å². The van der Waals surface area contributed by atoms with Crippen LogP contribution in [0.25, 0.3) is 0 Å². The van der Waals surface area contributed by atoms with E-state index in [4.69, 9.17) is 4.74 Å². The summed E-state index contributed by atoms with van der Waals surface area (Å²) in [6.07, 6.45) is 2.08. The first-order valence-corrected chi connectivity index (χ1v) is 9.96. The predicted molar refractivity (Wildman–Crippen MR) is 106 cm³/mol. The molecule has 4 rings (SSSR count). The SMILES string of the molecule is FC(F)(F)c1ccc(OCCc2cc([C@H]3CCCN3Cc3ccncc3)n[nH]2)cc1. The number of ether oxygens (including phenoxy) is 1. The average Bonchev–Trinajstić information content (AvgIpc) is 3.38. The van der Waals surface area contributed by atoms with E-state index in [-0.39, 0.29) is 6.04 Å². The number of nitrogens with zero attached hydrogens (tertiary/aromatic N) is 3. The van der Waals surface area contributed by atoms with Gasteiger partial charge in [-0.15, -0.1) is 0 Å². The van der Waals surface area contributed by atoms with Crippen LogP contribution in [0.3, 0.4) is 0 Å². The molecule has 0 bridgehead atoms. The van der Waals surface area contributed by atoms with Gasteiger partial charge < -0.3 is 4.74 Å². The lowest BCUT2D eigenvalue weighted by molar-refractivity contribution is -0.137. The third-order valence-corrected chi connectivity index (χ3v) is 5.31. The molecular weight excluding hydrogens is 393 g/mol. The second kappa shape index (κ2) is 8.87. The van der Waals surface area contributed by atoms with Crippen molar-refractivity contribution in [1.82, 2.24) is 20.1 Å². The number of aromatic nitrogens is 3. The van der Waals surface area contributed by atoms with Crippen LogP contribution >= 0.6 is 0 Å². The number of alkyl halides is 3. The summed E-state index contributed by atoms with van der Waals surface area (Å²) in [6, 6.07) is 11.1.